The van der Waals surface area contributed by atoms with Gasteiger partial charge in [0.25, 0.3) is 5.91 Å². The van der Waals surface area contributed by atoms with Gasteiger partial charge in [0.2, 0.25) is 0 Å². The van der Waals surface area contributed by atoms with Crippen LogP contribution in [0.15, 0.2) is 48.4 Å². The van der Waals surface area contributed by atoms with E-state index >= 15 is 0 Å². The van der Waals surface area contributed by atoms with Gasteiger partial charge in [0.05, 0.1) is 0 Å². The zero-order valence-corrected chi connectivity index (χ0v) is 14.1. The molecule has 2 rings (SSSR count). The van der Waals surface area contributed by atoms with Gasteiger partial charge in [-0.1, -0.05) is 36.4 Å². The van der Waals surface area contributed by atoms with E-state index in [1.165, 1.54) is 18.3 Å². The highest BCUT2D eigenvalue weighted by molar-refractivity contribution is 7.13. The molecule has 0 aliphatic rings. The van der Waals surface area contributed by atoms with Crippen LogP contribution in [0.5, 0.6) is 0 Å². The van der Waals surface area contributed by atoms with Crippen LogP contribution in [0, 0.1) is 0 Å². The van der Waals surface area contributed by atoms with Gasteiger partial charge in [0.15, 0.2) is 16.9 Å². The fraction of sp³-hybridized carbons (Fsp3) is 0.235. The minimum atomic E-state index is -0.889. The lowest BCUT2D eigenvalue weighted by molar-refractivity contribution is -0.128. The number of carbonyl (C=O) groups excluding carboxylic acids is 2. The van der Waals surface area contributed by atoms with Gasteiger partial charge in [-0.3, -0.25) is 4.79 Å². The van der Waals surface area contributed by atoms with Gasteiger partial charge in [0.1, 0.15) is 0 Å². The van der Waals surface area contributed by atoms with Crippen molar-refractivity contribution in [1.29, 1.82) is 0 Å². The fourth-order valence-electron chi connectivity index (χ4n) is 1.81. The molecule has 0 saturated carbocycles. The third kappa shape index (κ3) is 5.20. The zero-order valence-electron chi connectivity index (χ0n) is 13.3. The van der Waals surface area contributed by atoms with Crippen molar-refractivity contribution in [3.05, 3.63) is 59.6 Å². The monoisotopic (exact) mass is 345 g/mol. The van der Waals surface area contributed by atoms with E-state index in [-0.39, 0.29) is 11.6 Å². The molecule has 0 aliphatic heterocycles. The van der Waals surface area contributed by atoms with Crippen LogP contribution in [0.4, 0.5) is 5.13 Å². The first-order valence-corrected chi connectivity index (χ1v) is 8.31. The summed E-state index contributed by atoms with van der Waals surface area (Å²) in [6.45, 7) is 5.95. The number of nitrogens with one attached hydrogen (secondary N) is 2. The van der Waals surface area contributed by atoms with Crippen LogP contribution in [0.3, 0.4) is 0 Å². The molecule has 1 amide bonds. The second kappa shape index (κ2) is 8.83. The molecule has 1 aromatic heterocycles. The topological polar surface area (TPSA) is 80.3 Å². The Labute approximate surface area is 144 Å². The summed E-state index contributed by atoms with van der Waals surface area (Å²) >= 11 is 1.31. The van der Waals surface area contributed by atoms with Crippen LogP contribution < -0.4 is 10.6 Å². The Kier molecular flexibility index (Phi) is 6.51. The molecular weight excluding hydrogens is 326 g/mol. The van der Waals surface area contributed by atoms with E-state index in [4.69, 9.17) is 4.74 Å². The second-order valence-corrected chi connectivity index (χ2v) is 5.82. The Bertz CT molecular complexity index is 700. The van der Waals surface area contributed by atoms with Crippen molar-refractivity contribution in [3.8, 4) is 0 Å². The number of ether oxygens (including phenoxy) is 1. The van der Waals surface area contributed by atoms with Crippen LogP contribution in [0.1, 0.15) is 23.0 Å². The van der Waals surface area contributed by atoms with Gasteiger partial charge in [-0.25, -0.2) is 9.78 Å². The SMILES string of the molecule is C=CCNC(=O)[C@H](C)OC(=O)c1csc(NCc2ccccc2)n1. The summed E-state index contributed by atoms with van der Waals surface area (Å²) in [4.78, 5) is 27.9. The molecule has 0 unspecified atom stereocenters. The van der Waals surface area contributed by atoms with Crippen LogP contribution in [-0.2, 0) is 16.1 Å². The normalized spacial score (nSPS) is 11.4. The van der Waals surface area contributed by atoms with Crippen molar-refractivity contribution in [2.75, 3.05) is 11.9 Å². The first-order chi connectivity index (χ1) is 11.6. The van der Waals surface area contributed by atoms with Gasteiger partial charge in [-0.15, -0.1) is 17.9 Å². The van der Waals surface area contributed by atoms with E-state index < -0.39 is 12.1 Å². The fourth-order valence-corrected chi connectivity index (χ4v) is 2.49. The highest BCUT2D eigenvalue weighted by Gasteiger charge is 2.20. The minimum absolute atomic E-state index is 0.180. The highest BCUT2D eigenvalue weighted by Crippen LogP contribution is 2.17. The van der Waals surface area contributed by atoms with E-state index in [0.717, 1.165) is 5.56 Å². The van der Waals surface area contributed by atoms with Crippen LogP contribution in [0.2, 0.25) is 0 Å². The summed E-state index contributed by atoms with van der Waals surface area (Å²) < 4.78 is 5.10. The number of aromatic nitrogens is 1. The summed E-state index contributed by atoms with van der Waals surface area (Å²) in [7, 11) is 0. The molecule has 0 fully saturated rings. The van der Waals surface area contributed by atoms with Gasteiger partial charge in [-0.2, -0.15) is 0 Å². The predicted octanol–water partition coefficient (Wildman–Crippen LogP) is 2.60. The average molecular weight is 345 g/mol. The standard InChI is InChI=1S/C17H19N3O3S/c1-3-9-18-15(21)12(2)23-16(22)14-11-24-17(20-14)19-10-13-7-5-4-6-8-13/h3-8,11-12H,1,9-10H2,2H3,(H,18,21)(H,19,20)/t12-/m0/s1. The molecule has 1 atom stereocenters. The Morgan fingerprint density at radius 3 is 2.83 bits per heavy atom. The molecule has 0 aliphatic carbocycles. The molecule has 0 spiro atoms. The molecular formula is C17H19N3O3S. The van der Waals surface area contributed by atoms with E-state index in [0.29, 0.717) is 18.2 Å². The van der Waals surface area contributed by atoms with Gasteiger partial charge in [-0.05, 0) is 12.5 Å². The molecule has 1 heterocycles. The van der Waals surface area contributed by atoms with Crippen molar-refractivity contribution in [3.63, 3.8) is 0 Å². The Hall–Kier alpha value is -2.67. The van der Waals surface area contributed by atoms with Crippen LogP contribution >= 0.6 is 11.3 Å². The summed E-state index contributed by atoms with van der Waals surface area (Å²) in [6.07, 6.45) is 0.664. The van der Waals surface area contributed by atoms with E-state index in [1.807, 2.05) is 30.3 Å². The maximum absolute atomic E-state index is 12.0. The van der Waals surface area contributed by atoms with Gasteiger partial charge < -0.3 is 15.4 Å². The predicted molar refractivity (Wildman–Crippen MR) is 94.0 cm³/mol. The van der Waals surface area contributed by atoms with Crippen molar-refractivity contribution in [1.82, 2.24) is 10.3 Å². The number of anilines is 1. The highest BCUT2D eigenvalue weighted by atomic mass is 32.1. The molecule has 1 aromatic carbocycles. The van der Waals surface area contributed by atoms with E-state index in [1.54, 1.807) is 11.5 Å². The van der Waals surface area contributed by atoms with Crippen LogP contribution in [-0.4, -0.2) is 29.5 Å². The number of thiazole rings is 1. The minimum Gasteiger partial charge on any atom is -0.448 e. The molecule has 2 aromatic rings. The Morgan fingerprint density at radius 1 is 1.38 bits per heavy atom. The number of hydrogen-bond acceptors (Lipinski definition) is 6. The number of amides is 1. The smallest absolute Gasteiger partial charge is 0.358 e. The van der Waals surface area contributed by atoms with Gasteiger partial charge >= 0.3 is 5.97 Å². The lowest BCUT2D eigenvalue weighted by Gasteiger charge is -2.11. The molecule has 7 heteroatoms. The maximum atomic E-state index is 12.0. The molecule has 0 saturated heterocycles. The number of benzene rings is 1. The third-order valence-electron chi connectivity index (χ3n) is 3.07. The second-order valence-electron chi connectivity index (χ2n) is 4.96. The van der Waals surface area contributed by atoms with Crippen molar-refractivity contribution >= 4 is 28.3 Å². The molecule has 24 heavy (non-hydrogen) atoms. The number of carbonyl (C=O) groups is 2. The Balaban J connectivity index is 1.86. The molecule has 0 bridgehead atoms. The molecule has 126 valence electrons. The number of nitrogens with zero attached hydrogens (tertiary/aromatic N) is 1. The van der Waals surface area contributed by atoms with E-state index in [9.17, 15) is 9.59 Å². The first-order valence-electron chi connectivity index (χ1n) is 7.43. The first kappa shape index (κ1) is 17.7. The number of rotatable bonds is 8. The third-order valence-corrected chi connectivity index (χ3v) is 3.87. The van der Waals surface area contributed by atoms with Gasteiger partial charge in [0, 0.05) is 18.5 Å². The number of hydrogen-bond donors (Lipinski definition) is 2. The number of esters is 1. The van der Waals surface area contributed by atoms with E-state index in [2.05, 4.69) is 22.2 Å². The molecule has 2 N–H and O–H groups in total. The molecule has 6 nitrogen and oxygen atoms in total. The quantitative estimate of drug-likeness (QED) is 0.568. The maximum Gasteiger partial charge on any atom is 0.358 e. The Morgan fingerprint density at radius 2 is 2.12 bits per heavy atom. The largest absolute Gasteiger partial charge is 0.448 e. The average Bonchev–Trinajstić information content (AvgIpc) is 3.07. The summed E-state index contributed by atoms with van der Waals surface area (Å²) in [5.41, 5.74) is 1.29. The van der Waals surface area contributed by atoms with Crippen molar-refractivity contribution in [2.24, 2.45) is 0 Å². The lowest BCUT2D eigenvalue weighted by Crippen LogP contribution is -2.35. The van der Waals surface area contributed by atoms with Crippen molar-refractivity contribution in [2.45, 2.75) is 19.6 Å². The van der Waals surface area contributed by atoms with Crippen LogP contribution in [0.25, 0.3) is 0 Å². The summed E-state index contributed by atoms with van der Waals surface area (Å²) in [5.74, 6) is -0.999. The molecule has 0 radical (unpaired) electrons. The zero-order chi connectivity index (χ0) is 17.4. The summed E-state index contributed by atoms with van der Waals surface area (Å²) in [5, 5.41) is 7.94. The lowest BCUT2D eigenvalue weighted by atomic mass is 10.2. The van der Waals surface area contributed by atoms with Crippen molar-refractivity contribution < 1.29 is 14.3 Å². The summed E-state index contributed by atoms with van der Waals surface area (Å²) in [6, 6.07) is 9.87.